The van der Waals surface area contributed by atoms with Gasteiger partial charge >= 0.3 is 0 Å². The molecule has 0 aliphatic carbocycles. The van der Waals surface area contributed by atoms with Crippen molar-refractivity contribution in [2.24, 2.45) is 5.92 Å². The highest BCUT2D eigenvalue weighted by Crippen LogP contribution is 2.28. The van der Waals surface area contributed by atoms with Gasteiger partial charge in [-0.15, -0.1) is 0 Å². The number of para-hydroxylation sites is 2. The zero-order valence-corrected chi connectivity index (χ0v) is 19.6. The summed E-state index contributed by atoms with van der Waals surface area (Å²) in [6, 6.07) is 22.3. The summed E-state index contributed by atoms with van der Waals surface area (Å²) in [4.78, 5) is 49.4. The van der Waals surface area contributed by atoms with Gasteiger partial charge in [-0.05, 0) is 35.7 Å². The Morgan fingerprint density at radius 2 is 1.49 bits per heavy atom. The van der Waals surface area contributed by atoms with Crippen molar-refractivity contribution in [3.8, 4) is 0 Å². The van der Waals surface area contributed by atoms with E-state index >= 15 is 0 Å². The predicted octanol–water partition coefficient (Wildman–Crippen LogP) is 4.28. The average molecular weight is 467 g/mol. The van der Waals surface area contributed by atoms with Crippen molar-refractivity contribution < 1.29 is 14.4 Å². The van der Waals surface area contributed by atoms with Gasteiger partial charge in [0.2, 0.25) is 5.91 Å². The van der Waals surface area contributed by atoms with Crippen LogP contribution in [0.3, 0.4) is 0 Å². The van der Waals surface area contributed by atoms with Crippen LogP contribution in [0.5, 0.6) is 0 Å². The number of rotatable bonds is 7. The normalized spacial score (nSPS) is 14.9. The number of carbonyl (C=O) groups is 3. The summed E-state index contributed by atoms with van der Waals surface area (Å²) in [6.45, 7) is 3.98. The SMILES string of the molecule is CC(C)[C@H](NC(=O)[C@H](Cc1ccccc1)N1C(=O)c2ccccc2C1=O)c1nc2ccccc2[nH]1. The fraction of sp³-hybridized carbons (Fsp3) is 0.214. The number of hydrogen-bond acceptors (Lipinski definition) is 4. The van der Waals surface area contributed by atoms with E-state index in [1.165, 1.54) is 0 Å². The summed E-state index contributed by atoms with van der Waals surface area (Å²) < 4.78 is 0. The highest BCUT2D eigenvalue weighted by atomic mass is 16.2. The average Bonchev–Trinajstić information content (AvgIpc) is 3.40. The van der Waals surface area contributed by atoms with E-state index in [9.17, 15) is 14.4 Å². The van der Waals surface area contributed by atoms with Gasteiger partial charge in [0.15, 0.2) is 0 Å². The van der Waals surface area contributed by atoms with E-state index in [2.05, 4.69) is 15.3 Å². The number of H-pyrrole nitrogens is 1. The van der Waals surface area contributed by atoms with Gasteiger partial charge in [-0.2, -0.15) is 0 Å². The molecule has 0 unspecified atom stereocenters. The molecule has 2 N–H and O–H groups in total. The summed E-state index contributed by atoms with van der Waals surface area (Å²) in [5.41, 5.74) is 3.18. The van der Waals surface area contributed by atoms with Crippen LogP contribution in [0.25, 0.3) is 11.0 Å². The van der Waals surface area contributed by atoms with Crippen LogP contribution >= 0.6 is 0 Å². The molecule has 176 valence electrons. The zero-order chi connectivity index (χ0) is 24.5. The van der Waals surface area contributed by atoms with Gasteiger partial charge in [0.25, 0.3) is 11.8 Å². The number of fused-ring (bicyclic) bond motifs is 2. The molecule has 5 rings (SSSR count). The number of aromatic amines is 1. The minimum Gasteiger partial charge on any atom is -0.344 e. The maximum atomic E-state index is 13.8. The number of imide groups is 1. The number of amides is 3. The van der Waals surface area contributed by atoms with Crippen LogP contribution in [-0.4, -0.2) is 38.6 Å². The van der Waals surface area contributed by atoms with Gasteiger partial charge in [-0.1, -0.05) is 68.4 Å². The molecule has 0 radical (unpaired) electrons. The van der Waals surface area contributed by atoms with Crippen molar-refractivity contribution in [3.63, 3.8) is 0 Å². The first kappa shape index (κ1) is 22.5. The Balaban J connectivity index is 1.49. The van der Waals surface area contributed by atoms with Gasteiger partial charge in [0.1, 0.15) is 11.9 Å². The number of imidazole rings is 1. The molecular weight excluding hydrogens is 440 g/mol. The number of hydrogen-bond donors (Lipinski definition) is 2. The first-order chi connectivity index (χ1) is 16.9. The standard InChI is InChI=1S/C28H26N4O3/c1-17(2)24(25-29-21-14-8-9-15-22(21)30-25)31-26(33)23(16-18-10-4-3-5-11-18)32-27(34)19-12-6-7-13-20(19)28(32)35/h3-15,17,23-24H,16H2,1-2H3,(H,29,30)(H,31,33)/t23-,24-/m0/s1. The van der Waals surface area contributed by atoms with E-state index in [1.54, 1.807) is 24.3 Å². The molecule has 1 aliphatic heterocycles. The molecule has 0 spiro atoms. The maximum Gasteiger partial charge on any atom is 0.262 e. The molecule has 1 aromatic heterocycles. The fourth-order valence-corrected chi connectivity index (χ4v) is 4.55. The van der Waals surface area contributed by atoms with Crippen LogP contribution in [0.15, 0.2) is 78.9 Å². The Bertz CT molecular complexity index is 1340. The van der Waals surface area contributed by atoms with Gasteiger partial charge in [-0.3, -0.25) is 19.3 Å². The van der Waals surface area contributed by atoms with E-state index in [0.717, 1.165) is 21.5 Å². The van der Waals surface area contributed by atoms with E-state index in [-0.39, 0.29) is 12.3 Å². The second-order valence-electron chi connectivity index (χ2n) is 9.10. The molecule has 2 atom stereocenters. The lowest BCUT2D eigenvalue weighted by Gasteiger charge is -2.28. The summed E-state index contributed by atoms with van der Waals surface area (Å²) >= 11 is 0. The Labute approximate surface area is 203 Å². The van der Waals surface area contributed by atoms with Crippen LogP contribution < -0.4 is 5.32 Å². The minimum atomic E-state index is -1.00. The Kier molecular flexibility index (Phi) is 5.91. The second kappa shape index (κ2) is 9.18. The number of aromatic nitrogens is 2. The van der Waals surface area contributed by atoms with E-state index in [1.807, 2.05) is 68.4 Å². The van der Waals surface area contributed by atoms with E-state index in [0.29, 0.717) is 17.0 Å². The number of carbonyl (C=O) groups excluding carboxylic acids is 3. The van der Waals surface area contributed by atoms with Crippen molar-refractivity contribution in [2.45, 2.75) is 32.4 Å². The van der Waals surface area contributed by atoms with Gasteiger partial charge in [0.05, 0.1) is 28.2 Å². The molecule has 7 heteroatoms. The minimum absolute atomic E-state index is 0.0130. The first-order valence-electron chi connectivity index (χ1n) is 11.7. The van der Waals surface area contributed by atoms with Crippen molar-refractivity contribution in [1.82, 2.24) is 20.2 Å². The predicted molar refractivity (Wildman–Crippen MR) is 133 cm³/mol. The topological polar surface area (TPSA) is 95.2 Å². The summed E-state index contributed by atoms with van der Waals surface area (Å²) in [7, 11) is 0. The molecule has 7 nitrogen and oxygen atoms in total. The van der Waals surface area contributed by atoms with E-state index < -0.39 is 29.8 Å². The third-order valence-electron chi connectivity index (χ3n) is 6.38. The third kappa shape index (κ3) is 4.21. The quantitative estimate of drug-likeness (QED) is 0.398. The van der Waals surface area contributed by atoms with Crippen molar-refractivity contribution in [1.29, 1.82) is 0 Å². The summed E-state index contributed by atoms with van der Waals surface area (Å²) in [5.74, 6) is -0.657. The maximum absolute atomic E-state index is 13.8. The van der Waals surface area contributed by atoms with Gasteiger partial charge < -0.3 is 10.3 Å². The second-order valence-corrected chi connectivity index (χ2v) is 9.10. The molecule has 0 fully saturated rings. The Morgan fingerprint density at radius 1 is 0.886 bits per heavy atom. The molecule has 2 heterocycles. The Hall–Kier alpha value is -4.26. The lowest BCUT2D eigenvalue weighted by Crippen LogP contribution is -2.52. The largest absolute Gasteiger partial charge is 0.344 e. The number of nitrogens with zero attached hydrogens (tertiary/aromatic N) is 2. The lowest BCUT2D eigenvalue weighted by molar-refractivity contribution is -0.126. The highest BCUT2D eigenvalue weighted by Gasteiger charge is 2.43. The molecule has 35 heavy (non-hydrogen) atoms. The fourth-order valence-electron chi connectivity index (χ4n) is 4.55. The molecule has 0 saturated carbocycles. The molecule has 3 amide bonds. The van der Waals surface area contributed by atoms with Crippen LogP contribution in [0, 0.1) is 5.92 Å². The lowest BCUT2D eigenvalue weighted by atomic mass is 10.0. The Morgan fingerprint density at radius 3 is 2.11 bits per heavy atom. The van der Waals surface area contributed by atoms with Crippen LogP contribution in [-0.2, 0) is 11.2 Å². The smallest absolute Gasteiger partial charge is 0.262 e. The van der Waals surface area contributed by atoms with Gasteiger partial charge in [0, 0.05) is 6.42 Å². The first-order valence-corrected chi connectivity index (χ1v) is 11.7. The number of benzene rings is 3. The summed E-state index contributed by atoms with van der Waals surface area (Å²) in [5, 5.41) is 3.08. The molecule has 0 saturated heterocycles. The monoisotopic (exact) mass is 466 g/mol. The molecule has 3 aromatic carbocycles. The van der Waals surface area contributed by atoms with Gasteiger partial charge in [-0.25, -0.2) is 4.98 Å². The van der Waals surface area contributed by atoms with Crippen LogP contribution in [0.4, 0.5) is 0 Å². The number of nitrogens with one attached hydrogen (secondary N) is 2. The van der Waals surface area contributed by atoms with E-state index in [4.69, 9.17) is 0 Å². The van der Waals surface area contributed by atoms with Crippen molar-refractivity contribution in [3.05, 3.63) is 101 Å². The highest BCUT2D eigenvalue weighted by molar-refractivity contribution is 6.22. The van der Waals surface area contributed by atoms with Crippen molar-refractivity contribution in [2.75, 3.05) is 0 Å². The molecule has 1 aliphatic rings. The van der Waals surface area contributed by atoms with Crippen LogP contribution in [0.1, 0.15) is 52.0 Å². The molecule has 0 bridgehead atoms. The zero-order valence-electron chi connectivity index (χ0n) is 19.6. The van der Waals surface area contributed by atoms with Crippen molar-refractivity contribution >= 4 is 28.8 Å². The molecular formula is C28H26N4O3. The third-order valence-corrected chi connectivity index (χ3v) is 6.38. The van der Waals surface area contributed by atoms with Crippen LogP contribution in [0.2, 0.25) is 0 Å². The summed E-state index contributed by atoms with van der Waals surface area (Å²) in [6.07, 6.45) is 0.211. The molecule has 4 aromatic rings.